The standard InChI is InChI=1S/C20H32O3/c1-2-3-4-5-6-7-8-9-10-11-16-23-19-13-12-18(14-15-21)20(22)17-19/h12-13,15,17,22H,2-11,14,16H2,1H3. The Bertz CT molecular complexity index is 429. The molecule has 3 heteroatoms. The molecule has 0 aromatic heterocycles. The summed E-state index contributed by atoms with van der Waals surface area (Å²) in [5, 5.41) is 9.76. The van der Waals surface area contributed by atoms with E-state index in [1.54, 1.807) is 12.1 Å². The minimum atomic E-state index is 0.137. The van der Waals surface area contributed by atoms with E-state index in [9.17, 15) is 9.90 Å². The number of phenols is 1. The molecule has 0 amide bonds. The fourth-order valence-corrected chi connectivity index (χ4v) is 2.68. The van der Waals surface area contributed by atoms with Crippen molar-refractivity contribution in [2.45, 2.75) is 77.6 Å². The molecular formula is C20H32O3. The predicted molar refractivity (Wildman–Crippen MR) is 95.2 cm³/mol. The van der Waals surface area contributed by atoms with E-state index in [1.807, 2.05) is 6.07 Å². The number of carbonyl (C=O) groups is 1. The molecule has 0 fully saturated rings. The lowest BCUT2D eigenvalue weighted by molar-refractivity contribution is -0.107. The van der Waals surface area contributed by atoms with Crippen molar-refractivity contribution in [3.8, 4) is 11.5 Å². The largest absolute Gasteiger partial charge is 0.508 e. The fourth-order valence-electron chi connectivity index (χ4n) is 2.68. The summed E-state index contributed by atoms with van der Waals surface area (Å²) in [5.41, 5.74) is 0.645. The molecule has 0 bridgehead atoms. The lowest BCUT2D eigenvalue weighted by atomic mass is 10.1. The normalized spacial score (nSPS) is 10.7. The van der Waals surface area contributed by atoms with Gasteiger partial charge in [0.1, 0.15) is 17.8 Å². The van der Waals surface area contributed by atoms with Gasteiger partial charge in [0.2, 0.25) is 0 Å². The number of aromatic hydroxyl groups is 1. The van der Waals surface area contributed by atoms with Gasteiger partial charge < -0.3 is 14.6 Å². The number of aldehydes is 1. The summed E-state index contributed by atoms with van der Waals surface area (Å²) in [7, 11) is 0. The van der Waals surface area contributed by atoms with Gasteiger partial charge in [-0.15, -0.1) is 0 Å². The number of hydrogen-bond acceptors (Lipinski definition) is 3. The topological polar surface area (TPSA) is 46.5 Å². The number of benzene rings is 1. The number of carbonyl (C=O) groups excluding carboxylic acids is 1. The second-order valence-electron chi connectivity index (χ2n) is 6.19. The van der Waals surface area contributed by atoms with Crippen LogP contribution in [0.3, 0.4) is 0 Å². The highest BCUT2D eigenvalue weighted by molar-refractivity contribution is 5.58. The van der Waals surface area contributed by atoms with Crippen LogP contribution in [0.1, 0.15) is 76.7 Å². The van der Waals surface area contributed by atoms with Crippen LogP contribution < -0.4 is 4.74 Å². The van der Waals surface area contributed by atoms with Gasteiger partial charge in [0.25, 0.3) is 0 Å². The zero-order valence-electron chi connectivity index (χ0n) is 14.6. The molecule has 0 saturated heterocycles. The highest BCUT2D eigenvalue weighted by Gasteiger charge is 2.03. The first kappa shape index (κ1) is 19.5. The van der Waals surface area contributed by atoms with Crippen LogP contribution in [0.25, 0.3) is 0 Å². The first-order chi connectivity index (χ1) is 11.3. The van der Waals surface area contributed by atoms with Crippen molar-refractivity contribution >= 4 is 6.29 Å². The second-order valence-corrected chi connectivity index (χ2v) is 6.19. The van der Waals surface area contributed by atoms with E-state index in [-0.39, 0.29) is 12.2 Å². The zero-order valence-corrected chi connectivity index (χ0v) is 14.6. The Hall–Kier alpha value is -1.51. The molecule has 1 rings (SSSR count). The molecule has 0 radical (unpaired) electrons. The summed E-state index contributed by atoms with van der Waals surface area (Å²) < 4.78 is 5.64. The first-order valence-corrected chi connectivity index (χ1v) is 9.16. The number of hydrogen-bond donors (Lipinski definition) is 1. The average molecular weight is 320 g/mol. The molecule has 23 heavy (non-hydrogen) atoms. The van der Waals surface area contributed by atoms with Crippen LogP contribution >= 0.6 is 0 Å². The number of rotatable bonds is 14. The van der Waals surface area contributed by atoms with Crippen molar-refractivity contribution < 1.29 is 14.6 Å². The van der Waals surface area contributed by atoms with Crippen LogP contribution in [0.15, 0.2) is 18.2 Å². The van der Waals surface area contributed by atoms with Gasteiger partial charge >= 0.3 is 0 Å². The van der Waals surface area contributed by atoms with E-state index in [4.69, 9.17) is 4.74 Å². The van der Waals surface area contributed by atoms with Crippen molar-refractivity contribution in [1.82, 2.24) is 0 Å². The predicted octanol–water partition coefficient (Wildman–Crippen LogP) is 5.43. The third-order valence-electron chi connectivity index (χ3n) is 4.13. The molecule has 0 aliphatic heterocycles. The van der Waals surface area contributed by atoms with Crippen LogP contribution in [-0.2, 0) is 11.2 Å². The molecule has 0 unspecified atom stereocenters. The highest BCUT2D eigenvalue weighted by Crippen LogP contribution is 2.23. The van der Waals surface area contributed by atoms with E-state index in [0.29, 0.717) is 17.9 Å². The monoisotopic (exact) mass is 320 g/mol. The Morgan fingerprint density at radius 1 is 0.957 bits per heavy atom. The molecule has 0 heterocycles. The van der Waals surface area contributed by atoms with Crippen LogP contribution in [0.4, 0.5) is 0 Å². The summed E-state index contributed by atoms with van der Waals surface area (Å²) in [4.78, 5) is 10.5. The van der Waals surface area contributed by atoms with Gasteiger partial charge in [0.15, 0.2) is 0 Å². The van der Waals surface area contributed by atoms with Crippen LogP contribution in [0.2, 0.25) is 0 Å². The first-order valence-electron chi connectivity index (χ1n) is 9.16. The molecule has 1 aromatic rings. The minimum Gasteiger partial charge on any atom is -0.508 e. The van der Waals surface area contributed by atoms with E-state index in [2.05, 4.69) is 6.92 Å². The van der Waals surface area contributed by atoms with Gasteiger partial charge in [-0.25, -0.2) is 0 Å². The third kappa shape index (κ3) is 9.27. The second kappa shape index (κ2) is 13.0. The lowest BCUT2D eigenvalue weighted by Crippen LogP contribution is -1.98. The molecule has 0 aliphatic rings. The molecule has 1 aromatic carbocycles. The maximum Gasteiger partial charge on any atom is 0.124 e. The van der Waals surface area contributed by atoms with Crippen molar-refractivity contribution in [1.29, 1.82) is 0 Å². The summed E-state index contributed by atoms with van der Waals surface area (Å²) in [6.07, 6.45) is 14.1. The smallest absolute Gasteiger partial charge is 0.124 e. The molecule has 130 valence electrons. The van der Waals surface area contributed by atoms with Crippen molar-refractivity contribution in [2.75, 3.05) is 6.61 Å². The zero-order chi connectivity index (χ0) is 16.8. The average Bonchev–Trinajstić information content (AvgIpc) is 2.55. The van der Waals surface area contributed by atoms with Gasteiger partial charge in [-0.05, 0) is 12.5 Å². The Kier molecular flexibility index (Phi) is 11.0. The lowest BCUT2D eigenvalue weighted by Gasteiger charge is -2.08. The Labute approximate surface area is 141 Å². The number of ether oxygens (including phenoxy) is 1. The van der Waals surface area contributed by atoms with Crippen LogP contribution in [-0.4, -0.2) is 18.0 Å². The highest BCUT2D eigenvalue weighted by atomic mass is 16.5. The van der Waals surface area contributed by atoms with Gasteiger partial charge in [-0.1, -0.05) is 70.8 Å². The maximum absolute atomic E-state index is 10.5. The van der Waals surface area contributed by atoms with Crippen LogP contribution in [0.5, 0.6) is 11.5 Å². The van der Waals surface area contributed by atoms with Crippen molar-refractivity contribution in [2.24, 2.45) is 0 Å². The van der Waals surface area contributed by atoms with E-state index in [0.717, 1.165) is 12.7 Å². The summed E-state index contributed by atoms with van der Waals surface area (Å²) in [5.74, 6) is 0.811. The molecular weight excluding hydrogens is 288 g/mol. The summed E-state index contributed by atoms with van der Waals surface area (Å²) >= 11 is 0. The molecule has 0 atom stereocenters. The minimum absolute atomic E-state index is 0.137. The molecule has 0 aliphatic carbocycles. The molecule has 1 N–H and O–H groups in total. The van der Waals surface area contributed by atoms with Crippen LogP contribution in [0, 0.1) is 0 Å². The van der Waals surface area contributed by atoms with Gasteiger partial charge in [0.05, 0.1) is 6.61 Å². The molecule has 0 saturated carbocycles. The molecule has 0 spiro atoms. The van der Waals surface area contributed by atoms with Gasteiger partial charge in [0, 0.05) is 18.1 Å². The number of phenolic OH excluding ortho intramolecular Hbond substituents is 1. The fraction of sp³-hybridized carbons (Fsp3) is 0.650. The van der Waals surface area contributed by atoms with Crippen molar-refractivity contribution in [3.05, 3.63) is 23.8 Å². The third-order valence-corrected chi connectivity index (χ3v) is 4.13. The van der Waals surface area contributed by atoms with Crippen molar-refractivity contribution in [3.63, 3.8) is 0 Å². The Morgan fingerprint density at radius 3 is 2.13 bits per heavy atom. The van der Waals surface area contributed by atoms with Gasteiger partial charge in [-0.3, -0.25) is 0 Å². The molecule has 3 nitrogen and oxygen atoms in total. The van der Waals surface area contributed by atoms with E-state index < -0.39 is 0 Å². The quantitative estimate of drug-likeness (QED) is 0.367. The van der Waals surface area contributed by atoms with E-state index in [1.165, 1.54) is 57.8 Å². The Morgan fingerprint density at radius 2 is 1.57 bits per heavy atom. The van der Waals surface area contributed by atoms with Gasteiger partial charge in [-0.2, -0.15) is 0 Å². The summed E-state index contributed by atoms with van der Waals surface area (Å²) in [6.45, 7) is 2.94. The number of unbranched alkanes of at least 4 members (excludes halogenated alkanes) is 9. The SMILES string of the molecule is CCCCCCCCCCCCOc1ccc(CC=O)c(O)c1. The summed E-state index contributed by atoms with van der Waals surface area (Å²) in [6, 6.07) is 5.15. The Balaban J connectivity index is 2.00. The van der Waals surface area contributed by atoms with E-state index >= 15 is 0 Å². The maximum atomic E-state index is 10.5.